The molecule has 8 heteroatoms. The Labute approximate surface area is 175 Å². The van der Waals surface area contributed by atoms with Gasteiger partial charge in [0.05, 0.1) is 0 Å². The summed E-state index contributed by atoms with van der Waals surface area (Å²) in [6.45, 7) is 0.994. The number of carbonyl (C=O) groups is 1. The SMILES string of the molecule is N[S@](=O)(=NC(=O)Nc1c2c(cc3c1CCC3)CCC2)c1ccc([C@@H]2CCCN2)s1. The molecule has 1 saturated heterocycles. The van der Waals surface area contributed by atoms with Crippen molar-refractivity contribution in [3.8, 4) is 0 Å². The van der Waals surface area contributed by atoms with Crippen molar-refractivity contribution in [3.05, 3.63) is 45.3 Å². The Balaban J connectivity index is 1.42. The molecule has 0 bridgehead atoms. The lowest BCUT2D eigenvalue weighted by Crippen LogP contribution is -2.18. The monoisotopic (exact) mass is 430 g/mol. The van der Waals surface area contributed by atoms with Gasteiger partial charge in [0.2, 0.25) is 0 Å². The van der Waals surface area contributed by atoms with E-state index in [0.29, 0.717) is 4.21 Å². The van der Waals surface area contributed by atoms with Crippen molar-refractivity contribution in [1.82, 2.24) is 5.32 Å². The number of fused-ring (bicyclic) bond motifs is 2. The molecular formula is C21H26N4O2S2. The maximum Gasteiger partial charge on any atom is 0.354 e. The topological polar surface area (TPSA) is 96.6 Å². The molecule has 0 spiro atoms. The molecule has 0 radical (unpaired) electrons. The van der Waals surface area contributed by atoms with Gasteiger partial charge in [-0.25, -0.2) is 14.1 Å². The van der Waals surface area contributed by atoms with Gasteiger partial charge in [-0.05, 0) is 92.3 Å². The number of anilines is 1. The Morgan fingerprint density at radius 1 is 1.14 bits per heavy atom. The van der Waals surface area contributed by atoms with E-state index in [2.05, 4.69) is 21.1 Å². The van der Waals surface area contributed by atoms with Crippen LogP contribution in [0.3, 0.4) is 0 Å². The molecule has 4 N–H and O–H groups in total. The quantitative estimate of drug-likeness (QED) is 0.684. The summed E-state index contributed by atoms with van der Waals surface area (Å²) in [6.07, 6.45) is 8.48. The molecule has 5 rings (SSSR count). The molecule has 0 saturated carbocycles. The van der Waals surface area contributed by atoms with Crippen LogP contribution in [0.4, 0.5) is 10.5 Å². The van der Waals surface area contributed by atoms with Crippen molar-refractivity contribution < 1.29 is 9.00 Å². The largest absolute Gasteiger partial charge is 0.354 e. The highest BCUT2D eigenvalue weighted by molar-refractivity contribution is 7.93. The number of urea groups is 1. The Morgan fingerprint density at radius 3 is 2.52 bits per heavy atom. The van der Waals surface area contributed by atoms with Gasteiger partial charge in [-0.1, -0.05) is 6.07 Å². The number of hydrogen-bond acceptors (Lipinski definition) is 4. The van der Waals surface area contributed by atoms with Crippen molar-refractivity contribution in [2.24, 2.45) is 9.50 Å². The normalized spacial score (nSPS) is 22.2. The van der Waals surface area contributed by atoms with Crippen molar-refractivity contribution >= 4 is 33.0 Å². The van der Waals surface area contributed by atoms with Gasteiger partial charge in [-0.15, -0.1) is 15.7 Å². The second kappa shape index (κ2) is 7.50. The zero-order valence-electron chi connectivity index (χ0n) is 16.3. The Bertz CT molecular complexity index is 1060. The number of amides is 2. The number of thiophene rings is 1. The summed E-state index contributed by atoms with van der Waals surface area (Å²) in [7, 11) is -3.26. The van der Waals surface area contributed by atoms with Crippen LogP contribution in [0.5, 0.6) is 0 Å². The average molecular weight is 431 g/mol. The summed E-state index contributed by atoms with van der Waals surface area (Å²) in [4.78, 5) is 13.8. The highest BCUT2D eigenvalue weighted by Gasteiger charge is 2.26. The van der Waals surface area contributed by atoms with E-state index in [1.807, 2.05) is 6.07 Å². The van der Waals surface area contributed by atoms with Crippen LogP contribution in [-0.4, -0.2) is 16.8 Å². The number of nitrogens with two attached hydrogens (primary N) is 1. The lowest BCUT2D eigenvalue weighted by Gasteiger charge is -2.15. The summed E-state index contributed by atoms with van der Waals surface area (Å²) in [5.74, 6) is 0. The second-order valence-electron chi connectivity index (χ2n) is 8.13. The molecule has 1 aromatic heterocycles. The fraction of sp³-hybridized carbons (Fsp3) is 0.476. The van der Waals surface area contributed by atoms with Gasteiger partial charge in [-0.2, -0.15) is 0 Å². The third-order valence-corrected chi connectivity index (χ3v) is 9.33. The number of benzene rings is 1. The van der Waals surface area contributed by atoms with E-state index < -0.39 is 15.9 Å². The molecular weight excluding hydrogens is 404 g/mol. The molecule has 2 heterocycles. The van der Waals surface area contributed by atoms with Crippen LogP contribution in [-0.2, 0) is 35.6 Å². The molecule has 3 aliphatic rings. The molecule has 154 valence electrons. The minimum absolute atomic E-state index is 0.285. The van der Waals surface area contributed by atoms with E-state index in [1.54, 1.807) is 6.07 Å². The smallest absolute Gasteiger partial charge is 0.309 e. The first-order valence-corrected chi connectivity index (χ1v) is 12.8. The second-order valence-corrected chi connectivity index (χ2v) is 11.3. The summed E-state index contributed by atoms with van der Waals surface area (Å²) >= 11 is 1.39. The van der Waals surface area contributed by atoms with E-state index in [9.17, 15) is 9.00 Å². The minimum Gasteiger partial charge on any atom is -0.309 e. The standard InChI is InChI=1S/C21H26N4O2S2/c22-29(27,19-10-9-18(28-19)17-8-3-11-23-17)25-21(26)24-20-15-6-1-4-13(15)12-14-5-2-7-16(14)20/h9-10,12,17,23H,1-8,11H2,(H3,22,24,25,26,27)/t17-,29-/m0/s1. The first kappa shape index (κ1) is 19.2. The molecule has 6 nitrogen and oxygen atoms in total. The van der Waals surface area contributed by atoms with Gasteiger partial charge in [0.15, 0.2) is 9.92 Å². The molecule has 1 fully saturated rings. The minimum atomic E-state index is -3.26. The number of carbonyl (C=O) groups excluding carboxylic acids is 1. The molecule has 2 aliphatic carbocycles. The number of hydrogen-bond donors (Lipinski definition) is 3. The van der Waals surface area contributed by atoms with Crippen molar-refractivity contribution in [2.45, 2.75) is 61.6 Å². The highest BCUT2D eigenvalue weighted by Crippen LogP contribution is 2.39. The molecule has 2 atom stereocenters. The zero-order valence-corrected chi connectivity index (χ0v) is 18.0. The van der Waals surface area contributed by atoms with Gasteiger partial charge in [0.1, 0.15) is 4.21 Å². The van der Waals surface area contributed by atoms with Crippen LogP contribution in [0.25, 0.3) is 0 Å². The third kappa shape index (κ3) is 3.63. The van der Waals surface area contributed by atoms with E-state index in [4.69, 9.17) is 5.14 Å². The van der Waals surface area contributed by atoms with Gasteiger partial charge in [0, 0.05) is 16.6 Å². The zero-order chi connectivity index (χ0) is 20.0. The first-order valence-electron chi connectivity index (χ1n) is 10.4. The first-order chi connectivity index (χ1) is 14.0. The van der Waals surface area contributed by atoms with E-state index in [0.717, 1.165) is 68.5 Å². The van der Waals surface area contributed by atoms with E-state index >= 15 is 0 Å². The van der Waals surface area contributed by atoms with Crippen LogP contribution in [0.15, 0.2) is 26.8 Å². The lowest BCUT2D eigenvalue weighted by atomic mass is 9.99. The Hall–Kier alpha value is -1.74. The summed E-state index contributed by atoms with van der Waals surface area (Å²) in [5.41, 5.74) is 6.02. The third-order valence-electron chi connectivity index (χ3n) is 6.22. The molecule has 1 aromatic carbocycles. The Morgan fingerprint density at radius 2 is 1.86 bits per heavy atom. The Kier molecular flexibility index (Phi) is 4.98. The van der Waals surface area contributed by atoms with Crippen LogP contribution in [0.2, 0.25) is 0 Å². The fourth-order valence-corrected chi connectivity index (χ4v) is 7.24. The predicted molar refractivity (Wildman–Crippen MR) is 117 cm³/mol. The van der Waals surface area contributed by atoms with Crippen molar-refractivity contribution in [2.75, 3.05) is 11.9 Å². The maximum atomic E-state index is 13.0. The highest BCUT2D eigenvalue weighted by atomic mass is 32.2. The molecule has 0 unspecified atom stereocenters. The van der Waals surface area contributed by atoms with Crippen LogP contribution in [0.1, 0.15) is 58.9 Å². The lowest BCUT2D eigenvalue weighted by molar-refractivity contribution is 0.260. The summed E-state index contributed by atoms with van der Waals surface area (Å²) in [6, 6.07) is 5.68. The summed E-state index contributed by atoms with van der Waals surface area (Å²) < 4.78 is 17.4. The van der Waals surface area contributed by atoms with E-state index in [1.165, 1.54) is 33.6 Å². The number of nitrogens with one attached hydrogen (secondary N) is 2. The van der Waals surface area contributed by atoms with Gasteiger partial charge < -0.3 is 10.6 Å². The van der Waals surface area contributed by atoms with Crippen molar-refractivity contribution in [1.29, 1.82) is 0 Å². The van der Waals surface area contributed by atoms with Crippen LogP contribution in [0, 0.1) is 0 Å². The van der Waals surface area contributed by atoms with Gasteiger partial charge >= 0.3 is 6.03 Å². The average Bonchev–Trinajstić information content (AvgIpc) is 3.46. The van der Waals surface area contributed by atoms with Gasteiger partial charge in [0.25, 0.3) is 0 Å². The van der Waals surface area contributed by atoms with Crippen LogP contribution < -0.4 is 15.8 Å². The van der Waals surface area contributed by atoms with E-state index in [-0.39, 0.29) is 6.04 Å². The molecule has 1 aliphatic heterocycles. The van der Waals surface area contributed by atoms with Crippen LogP contribution >= 0.6 is 11.3 Å². The fourth-order valence-electron chi connectivity index (χ4n) is 4.87. The molecule has 2 aromatic rings. The maximum absolute atomic E-state index is 13.0. The summed E-state index contributed by atoms with van der Waals surface area (Å²) in [5, 5.41) is 12.4. The predicted octanol–water partition coefficient (Wildman–Crippen LogP) is 4.08. The van der Waals surface area contributed by atoms with Gasteiger partial charge in [-0.3, -0.25) is 0 Å². The molecule has 29 heavy (non-hydrogen) atoms. The number of aryl methyl sites for hydroxylation is 2. The number of rotatable bonds is 3. The van der Waals surface area contributed by atoms with Crippen molar-refractivity contribution in [3.63, 3.8) is 0 Å². The molecule has 2 amide bonds. The number of nitrogens with zero attached hydrogens (tertiary/aromatic N) is 1.